The second-order valence-electron chi connectivity index (χ2n) is 6.47. The summed E-state index contributed by atoms with van der Waals surface area (Å²) in [4.78, 5) is 34.5. The van der Waals surface area contributed by atoms with Crippen molar-refractivity contribution in [2.24, 2.45) is 5.92 Å². The number of hydrogen-bond acceptors (Lipinski definition) is 7. The number of ether oxygens (including phenoxy) is 1. The molecule has 8 heteroatoms. The number of rotatable bonds is 6. The average Bonchev–Trinajstić information content (AvgIpc) is 3.38. The van der Waals surface area contributed by atoms with Gasteiger partial charge in [0.2, 0.25) is 5.91 Å². The first-order chi connectivity index (χ1) is 13.7. The maximum absolute atomic E-state index is 13.1. The van der Waals surface area contributed by atoms with E-state index in [1.54, 1.807) is 30.5 Å². The van der Waals surface area contributed by atoms with E-state index in [4.69, 9.17) is 9.15 Å². The van der Waals surface area contributed by atoms with Crippen molar-refractivity contribution < 1.29 is 18.7 Å². The number of ketones is 1. The van der Waals surface area contributed by atoms with Crippen molar-refractivity contribution >= 4 is 28.2 Å². The lowest BCUT2D eigenvalue weighted by Gasteiger charge is -2.20. The van der Waals surface area contributed by atoms with Gasteiger partial charge in [0.05, 0.1) is 12.7 Å². The molecule has 1 saturated heterocycles. The van der Waals surface area contributed by atoms with Gasteiger partial charge in [-0.05, 0) is 37.1 Å². The molecule has 1 aliphatic heterocycles. The van der Waals surface area contributed by atoms with Gasteiger partial charge in [-0.25, -0.2) is 4.98 Å². The minimum Gasteiger partial charge on any atom is -0.463 e. The Kier molecular flexibility index (Phi) is 5.59. The van der Waals surface area contributed by atoms with Gasteiger partial charge >= 0.3 is 0 Å². The van der Waals surface area contributed by atoms with E-state index in [1.165, 1.54) is 17.6 Å². The van der Waals surface area contributed by atoms with Crippen LogP contribution in [0.1, 0.15) is 28.2 Å². The van der Waals surface area contributed by atoms with Crippen LogP contribution in [0, 0.1) is 5.92 Å². The first kappa shape index (κ1) is 18.5. The monoisotopic (exact) mass is 397 g/mol. The Morgan fingerprint density at radius 2 is 2.04 bits per heavy atom. The zero-order valence-corrected chi connectivity index (χ0v) is 15.9. The van der Waals surface area contributed by atoms with Crippen molar-refractivity contribution in [2.45, 2.75) is 19.3 Å². The van der Waals surface area contributed by atoms with Crippen molar-refractivity contribution in [3.63, 3.8) is 0 Å². The summed E-state index contributed by atoms with van der Waals surface area (Å²) in [5.41, 5.74) is 1.14. The molecule has 0 radical (unpaired) electrons. The van der Waals surface area contributed by atoms with Gasteiger partial charge in [-0.15, -0.1) is 0 Å². The highest BCUT2D eigenvalue weighted by Gasteiger charge is 2.29. The molecule has 3 aromatic heterocycles. The number of anilines is 1. The molecule has 0 aliphatic carbocycles. The number of Topliss-reactive ketones (excluding diaryl/α,β-unsaturated/α-hetero) is 1. The molecule has 28 heavy (non-hydrogen) atoms. The van der Waals surface area contributed by atoms with Gasteiger partial charge in [0.15, 0.2) is 16.7 Å². The normalized spacial score (nSPS) is 14.7. The lowest BCUT2D eigenvalue weighted by atomic mass is 9.94. The molecular formula is C20H19N3O4S. The molecule has 1 aliphatic rings. The van der Waals surface area contributed by atoms with Crippen molar-refractivity contribution in [1.29, 1.82) is 0 Å². The Bertz CT molecular complexity index is 947. The molecule has 7 nitrogen and oxygen atoms in total. The summed E-state index contributed by atoms with van der Waals surface area (Å²) in [5, 5.41) is 3.16. The number of aromatic nitrogens is 2. The number of carbonyl (C=O) groups excluding carboxylic acids is 2. The van der Waals surface area contributed by atoms with E-state index >= 15 is 0 Å². The first-order valence-corrected chi connectivity index (χ1v) is 9.89. The highest BCUT2D eigenvalue weighted by Crippen LogP contribution is 2.35. The molecule has 0 spiro atoms. The Balaban J connectivity index is 1.56. The molecule has 0 unspecified atom stereocenters. The van der Waals surface area contributed by atoms with E-state index in [-0.39, 0.29) is 24.0 Å². The minimum absolute atomic E-state index is 0.0254. The number of thiazole rings is 1. The fourth-order valence-corrected chi connectivity index (χ4v) is 4.10. The van der Waals surface area contributed by atoms with Crippen LogP contribution in [0.4, 0.5) is 5.13 Å². The Morgan fingerprint density at radius 3 is 2.75 bits per heavy atom. The van der Waals surface area contributed by atoms with Gasteiger partial charge in [-0.3, -0.25) is 14.6 Å². The molecule has 3 aromatic rings. The molecule has 144 valence electrons. The van der Waals surface area contributed by atoms with E-state index in [1.807, 2.05) is 6.07 Å². The Labute approximate surface area is 165 Å². The predicted molar refractivity (Wildman–Crippen MR) is 104 cm³/mol. The van der Waals surface area contributed by atoms with Gasteiger partial charge in [-0.1, -0.05) is 17.4 Å². The van der Waals surface area contributed by atoms with E-state index in [9.17, 15) is 9.59 Å². The first-order valence-electron chi connectivity index (χ1n) is 9.07. The van der Waals surface area contributed by atoms with Crippen LogP contribution in [0.5, 0.6) is 0 Å². The molecule has 0 atom stereocenters. The largest absolute Gasteiger partial charge is 0.463 e. The summed E-state index contributed by atoms with van der Waals surface area (Å²) in [5.74, 6) is 0.206. The summed E-state index contributed by atoms with van der Waals surface area (Å²) in [6.45, 7) is 1.16. The summed E-state index contributed by atoms with van der Waals surface area (Å²) in [7, 11) is 0. The number of hydrogen-bond donors (Lipinski definition) is 1. The lowest BCUT2D eigenvalue weighted by molar-refractivity contribution is -0.115. The maximum atomic E-state index is 13.1. The molecule has 0 aromatic carbocycles. The molecular weight excluding hydrogens is 378 g/mol. The molecule has 4 heterocycles. The number of carbonyl (C=O) groups is 2. The molecule has 1 N–H and O–H groups in total. The SMILES string of the molecule is O=C(Cc1ccccn1)Nc1nc(-c2ccco2)c(C(=O)C2CCOCC2)s1. The van der Waals surface area contributed by atoms with Gasteiger partial charge in [0.25, 0.3) is 0 Å². The van der Waals surface area contributed by atoms with E-state index in [2.05, 4.69) is 15.3 Å². The maximum Gasteiger partial charge on any atom is 0.232 e. The summed E-state index contributed by atoms with van der Waals surface area (Å²) in [6.07, 6.45) is 4.70. The van der Waals surface area contributed by atoms with Crippen LogP contribution in [-0.2, 0) is 16.0 Å². The molecule has 1 fully saturated rings. The lowest BCUT2D eigenvalue weighted by Crippen LogP contribution is -2.23. The highest BCUT2D eigenvalue weighted by atomic mass is 32.1. The van der Waals surface area contributed by atoms with Crippen LogP contribution in [0.15, 0.2) is 47.2 Å². The van der Waals surface area contributed by atoms with E-state index in [0.717, 1.165) is 0 Å². The fraction of sp³-hybridized carbons (Fsp3) is 0.300. The standard InChI is InChI=1S/C20H19N3O4S/c24-16(12-14-4-1-2-8-21-14)22-20-23-17(15-5-3-9-27-15)19(28-20)18(25)13-6-10-26-11-7-13/h1-5,8-9,13H,6-7,10-12H2,(H,22,23,24). The van der Waals surface area contributed by atoms with Gasteiger partial charge in [-0.2, -0.15) is 0 Å². The molecule has 0 bridgehead atoms. The topological polar surface area (TPSA) is 94.3 Å². The number of nitrogens with zero attached hydrogens (tertiary/aromatic N) is 2. The summed E-state index contributed by atoms with van der Waals surface area (Å²) >= 11 is 1.18. The van der Waals surface area contributed by atoms with Crippen LogP contribution >= 0.6 is 11.3 Å². The Hall–Kier alpha value is -2.84. The minimum atomic E-state index is -0.233. The third-order valence-electron chi connectivity index (χ3n) is 4.51. The smallest absolute Gasteiger partial charge is 0.232 e. The van der Waals surface area contributed by atoms with Crippen LogP contribution in [0.3, 0.4) is 0 Å². The summed E-state index contributed by atoms with van der Waals surface area (Å²) in [6, 6.07) is 8.92. The van der Waals surface area contributed by atoms with E-state index in [0.29, 0.717) is 53.2 Å². The zero-order chi connectivity index (χ0) is 19.3. The van der Waals surface area contributed by atoms with Crippen LogP contribution in [0.25, 0.3) is 11.5 Å². The Morgan fingerprint density at radius 1 is 1.18 bits per heavy atom. The number of nitrogens with one attached hydrogen (secondary N) is 1. The van der Waals surface area contributed by atoms with Gasteiger partial charge < -0.3 is 14.5 Å². The summed E-state index contributed by atoms with van der Waals surface area (Å²) < 4.78 is 10.8. The molecule has 0 saturated carbocycles. The second-order valence-corrected chi connectivity index (χ2v) is 7.47. The van der Waals surface area contributed by atoms with Crippen molar-refractivity contribution in [2.75, 3.05) is 18.5 Å². The highest BCUT2D eigenvalue weighted by molar-refractivity contribution is 7.18. The number of amides is 1. The van der Waals surface area contributed by atoms with Crippen LogP contribution < -0.4 is 5.32 Å². The third-order valence-corrected chi connectivity index (χ3v) is 5.50. The van der Waals surface area contributed by atoms with Crippen molar-refractivity contribution in [3.05, 3.63) is 53.4 Å². The molecule has 1 amide bonds. The van der Waals surface area contributed by atoms with Gasteiger partial charge in [0.1, 0.15) is 10.6 Å². The second kappa shape index (κ2) is 8.45. The van der Waals surface area contributed by atoms with Crippen molar-refractivity contribution in [3.8, 4) is 11.5 Å². The van der Waals surface area contributed by atoms with Crippen LogP contribution in [-0.4, -0.2) is 34.9 Å². The van der Waals surface area contributed by atoms with Crippen LogP contribution in [0.2, 0.25) is 0 Å². The predicted octanol–water partition coefficient (Wildman–Crippen LogP) is 3.59. The molecule has 4 rings (SSSR count). The number of pyridine rings is 1. The number of furan rings is 1. The van der Waals surface area contributed by atoms with Gasteiger partial charge in [0, 0.05) is 31.0 Å². The quantitative estimate of drug-likeness (QED) is 0.639. The third kappa shape index (κ3) is 4.18. The zero-order valence-electron chi connectivity index (χ0n) is 15.1. The fourth-order valence-electron chi connectivity index (χ4n) is 3.10. The van der Waals surface area contributed by atoms with E-state index < -0.39 is 0 Å². The average molecular weight is 397 g/mol. The van der Waals surface area contributed by atoms with Crippen molar-refractivity contribution in [1.82, 2.24) is 9.97 Å².